The third-order valence-corrected chi connectivity index (χ3v) is 5.62. The molecule has 1 atom stereocenters. The number of benzene rings is 2. The van der Waals surface area contributed by atoms with Gasteiger partial charge in [0, 0.05) is 18.1 Å². The summed E-state index contributed by atoms with van der Waals surface area (Å²) in [7, 11) is -4.45. The highest BCUT2D eigenvalue weighted by molar-refractivity contribution is 7.92. The molecule has 1 amide bonds. The number of nitrogens with one attached hydrogen (secondary N) is 2. The number of anilines is 2. The molecule has 0 fully saturated rings. The molecule has 1 unspecified atom stereocenters. The summed E-state index contributed by atoms with van der Waals surface area (Å²) in [6, 6.07) is 7.97. The maximum Gasteiger partial charge on any atom is 0.419 e. The molecule has 2 N–H and O–H groups in total. The van der Waals surface area contributed by atoms with Crippen LogP contribution >= 0.6 is 0 Å². The Bertz CT molecular complexity index is 1200. The lowest BCUT2D eigenvalue weighted by molar-refractivity contribution is -0.140. The minimum absolute atomic E-state index is 0.0116. The molecule has 0 spiro atoms. The molecule has 3 aromatic rings. The molecular formula is C19H16F4N4O3S. The highest BCUT2D eigenvalue weighted by Crippen LogP contribution is 2.33. The van der Waals surface area contributed by atoms with E-state index in [0.29, 0.717) is 6.07 Å². The summed E-state index contributed by atoms with van der Waals surface area (Å²) >= 11 is 0. The van der Waals surface area contributed by atoms with Crippen molar-refractivity contribution in [3.05, 3.63) is 72.3 Å². The Morgan fingerprint density at radius 1 is 1.10 bits per heavy atom. The first-order valence-corrected chi connectivity index (χ1v) is 10.3. The SMILES string of the molecule is CC(C(=O)Nc1cccc(NS(=O)(=O)c2ccc(F)c(C(F)(F)F)c2)c1)n1cccn1. The number of carbonyl (C=O) groups is 1. The van der Waals surface area contributed by atoms with Crippen molar-refractivity contribution < 1.29 is 30.8 Å². The highest BCUT2D eigenvalue weighted by Gasteiger charge is 2.35. The van der Waals surface area contributed by atoms with E-state index in [1.165, 1.54) is 35.1 Å². The molecule has 1 aromatic heterocycles. The van der Waals surface area contributed by atoms with Crippen molar-refractivity contribution in [2.45, 2.75) is 24.0 Å². The molecule has 0 saturated carbocycles. The molecule has 3 rings (SSSR count). The average molecular weight is 456 g/mol. The zero-order valence-electron chi connectivity index (χ0n) is 15.9. The van der Waals surface area contributed by atoms with Gasteiger partial charge in [-0.15, -0.1) is 0 Å². The molecule has 164 valence electrons. The molecule has 1 heterocycles. The van der Waals surface area contributed by atoms with Crippen LogP contribution in [0, 0.1) is 5.82 Å². The molecule has 0 aliphatic carbocycles. The Labute approximate surface area is 174 Å². The predicted octanol–water partition coefficient (Wildman–Crippen LogP) is 4.04. The largest absolute Gasteiger partial charge is 0.419 e. The summed E-state index contributed by atoms with van der Waals surface area (Å²) in [6.45, 7) is 1.61. The topological polar surface area (TPSA) is 93.1 Å². The number of alkyl halides is 3. The molecule has 0 aliphatic rings. The number of rotatable bonds is 6. The first-order chi connectivity index (χ1) is 14.5. The Morgan fingerprint density at radius 2 is 1.81 bits per heavy atom. The van der Waals surface area contributed by atoms with Crippen molar-refractivity contribution >= 4 is 27.3 Å². The fourth-order valence-electron chi connectivity index (χ4n) is 2.64. The van der Waals surface area contributed by atoms with Crippen LogP contribution in [0.1, 0.15) is 18.5 Å². The van der Waals surface area contributed by atoms with E-state index in [4.69, 9.17) is 0 Å². The Morgan fingerprint density at radius 3 is 2.45 bits per heavy atom. The Kier molecular flexibility index (Phi) is 6.02. The van der Waals surface area contributed by atoms with Gasteiger partial charge in [-0.2, -0.15) is 18.3 Å². The maximum absolute atomic E-state index is 13.4. The van der Waals surface area contributed by atoms with Gasteiger partial charge >= 0.3 is 6.18 Å². The van der Waals surface area contributed by atoms with Crippen molar-refractivity contribution in [3.8, 4) is 0 Å². The third kappa shape index (κ3) is 5.20. The van der Waals surface area contributed by atoms with Gasteiger partial charge in [0.1, 0.15) is 11.9 Å². The summed E-state index contributed by atoms with van der Waals surface area (Å²) in [6.07, 6.45) is -1.93. The molecule has 12 heteroatoms. The molecule has 0 aliphatic heterocycles. The quantitative estimate of drug-likeness (QED) is 0.548. The first-order valence-electron chi connectivity index (χ1n) is 8.77. The zero-order valence-corrected chi connectivity index (χ0v) is 16.7. The zero-order chi connectivity index (χ0) is 22.8. The highest BCUT2D eigenvalue weighted by atomic mass is 32.2. The molecule has 31 heavy (non-hydrogen) atoms. The second-order valence-corrected chi connectivity index (χ2v) is 8.16. The minimum Gasteiger partial charge on any atom is -0.324 e. The monoisotopic (exact) mass is 456 g/mol. The van der Waals surface area contributed by atoms with Gasteiger partial charge in [0.05, 0.1) is 16.1 Å². The normalized spacial score (nSPS) is 12.9. The second-order valence-electron chi connectivity index (χ2n) is 6.48. The summed E-state index contributed by atoms with van der Waals surface area (Å²) in [5.74, 6) is -2.00. The Hall–Kier alpha value is -3.41. The van der Waals surface area contributed by atoms with Gasteiger partial charge in [-0.3, -0.25) is 14.2 Å². The van der Waals surface area contributed by atoms with Crippen LogP contribution < -0.4 is 10.0 Å². The van der Waals surface area contributed by atoms with Gasteiger partial charge in [0.15, 0.2) is 0 Å². The van der Waals surface area contributed by atoms with E-state index in [1.54, 1.807) is 19.2 Å². The molecule has 7 nitrogen and oxygen atoms in total. The number of hydrogen-bond acceptors (Lipinski definition) is 4. The van der Waals surface area contributed by atoms with Crippen molar-refractivity contribution in [2.75, 3.05) is 10.0 Å². The number of aromatic nitrogens is 2. The average Bonchev–Trinajstić information content (AvgIpc) is 3.21. The van der Waals surface area contributed by atoms with Crippen LogP contribution in [0.3, 0.4) is 0 Å². The standard InChI is InChI=1S/C19H16F4N4O3S/c1-12(27-9-3-8-24-27)18(28)25-13-4-2-5-14(10-13)26-31(29,30)15-6-7-17(20)16(11-15)19(21,22)23/h2-12,26H,1H3,(H,25,28). The smallest absolute Gasteiger partial charge is 0.324 e. The number of amides is 1. The number of halogens is 4. The number of hydrogen-bond donors (Lipinski definition) is 2. The fourth-order valence-corrected chi connectivity index (χ4v) is 3.72. The number of sulfonamides is 1. The van der Waals surface area contributed by atoms with Crippen molar-refractivity contribution in [1.29, 1.82) is 0 Å². The summed E-state index contributed by atoms with van der Waals surface area (Å²) in [5, 5.41) is 6.57. The van der Waals surface area contributed by atoms with Gasteiger partial charge in [-0.05, 0) is 49.4 Å². The molecule has 0 saturated heterocycles. The minimum atomic E-state index is -5.05. The van der Waals surface area contributed by atoms with Crippen LogP contribution in [0.2, 0.25) is 0 Å². The maximum atomic E-state index is 13.4. The van der Waals surface area contributed by atoms with Crippen LogP contribution in [0.25, 0.3) is 0 Å². The Balaban J connectivity index is 1.79. The first kappa shape index (κ1) is 22.3. The van der Waals surface area contributed by atoms with Crippen LogP contribution in [0.5, 0.6) is 0 Å². The van der Waals surface area contributed by atoms with Gasteiger partial charge < -0.3 is 5.32 Å². The third-order valence-electron chi connectivity index (χ3n) is 4.24. The number of nitrogens with zero attached hydrogens (tertiary/aromatic N) is 2. The molecule has 0 radical (unpaired) electrons. The van der Waals surface area contributed by atoms with Crippen LogP contribution in [-0.2, 0) is 21.0 Å². The van der Waals surface area contributed by atoms with Crippen LogP contribution in [0.4, 0.5) is 28.9 Å². The second kappa shape index (κ2) is 8.38. The van der Waals surface area contributed by atoms with E-state index in [-0.39, 0.29) is 17.4 Å². The van der Waals surface area contributed by atoms with Crippen molar-refractivity contribution in [3.63, 3.8) is 0 Å². The van der Waals surface area contributed by atoms with E-state index in [2.05, 4.69) is 15.1 Å². The van der Waals surface area contributed by atoms with Crippen LogP contribution in [-0.4, -0.2) is 24.1 Å². The lowest BCUT2D eigenvalue weighted by Gasteiger charge is -2.14. The van der Waals surface area contributed by atoms with Crippen molar-refractivity contribution in [1.82, 2.24) is 9.78 Å². The molecule has 0 bridgehead atoms. The number of carbonyl (C=O) groups excluding carboxylic acids is 1. The predicted molar refractivity (Wildman–Crippen MR) is 104 cm³/mol. The van der Waals surface area contributed by atoms with Gasteiger partial charge in [-0.25, -0.2) is 12.8 Å². The van der Waals surface area contributed by atoms with E-state index >= 15 is 0 Å². The van der Waals surface area contributed by atoms with E-state index in [0.717, 1.165) is 6.07 Å². The van der Waals surface area contributed by atoms with E-state index in [9.17, 15) is 30.8 Å². The lowest BCUT2D eigenvalue weighted by Crippen LogP contribution is -2.24. The lowest BCUT2D eigenvalue weighted by atomic mass is 10.2. The van der Waals surface area contributed by atoms with Crippen molar-refractivity contribution in [2.24, 2.45) is 0 Å². The fraction of sp³-hybridized carbons (Fsp3) is 0.158. The van der Waals surface area contributed by atoms with E-state index in [1.807, 2.05) is 0 Å². The van der Waals surface area contributed by atoms with Gasteiger partial charge in [-0.1, -0.05) is 6.07 Å². The summed E-state index contributed by atoms with van der Waals surface area (Å²) < 4.78 is 80.6. The van der Waals surface area contributed by atoms with Gasteiger partial charge in [0.25, 0.3) is 10.0 Å². The van der Waals surface area contributed by atoms with E-state index < -0.39 is 44.4 Å². The summed E-state index contributed by atoms with van der Waals surface area (Å²) in [5.41, 5.74) is -1.45. The van der Waals surface area contributed by atoms with Gasteiger partial charge in [0.2, 0.25) is 5.91 Å². The molecular weight excluding hydrogens is 440 g/mol. The van der Waals surface area contributed by atoms with Crippen LogP contribution in [0.15, 0.2) is 65.8 Å². The molecule has 2 aromatic carbocycles. The summed E-state index contributed by atoms with van der Waals surface area (Å²) in [4.78, 5) is 11.6.